The van der Waals surface area contributed by atoms with Crippen molar-refractivity contribution < 1.29 is 9.32 Å². The van der Waals surface area contributed by atoms with E-state index in [9.17, 15) is 4.79 Å². The molecule has 0 amide bonds. The van der Waals surface area contributed by atoms with Crippen LogP contribution in [-0.2, 0) is 9.32 Å². The lowest BCUT2D eigenvalue weighted by atomic mass is 10.1. The first-order valence-corrected chi connectivity index (χ1v) is 4.15. The normalized spacial score (nSPS) is 15.5. The fraction of sp³-hybridized carbons (Fsp3) is 0. The standard InChI is InChI=1S/C9H10NO2P/c10-8-6-4-2-1-3-5-7(8)9(11)12-13/h1-6H,10,13H2. The Kier molecular flexibility index (Phi) is 3.47. The van der Waals surface area contributed by atoms with Crippen LogP contribution in [-0.4, -0.2) is 5.97 Å². The highest BCUT2D eigenvalue weighted by atomic mass is 31.0. The van der Waals surface area contributed by atoms with Gasteiger partial charge < -0.3 is 10.3 Å². The molecule has 0 aromatic heterocycles. The van der Waals surface area contributed by atoms with Gasteiger partial charge in [0.1, 0.15) is 0 Å². The average molecular weight is 195 g/mol. The lowest BCUT2D eigenvalue weighted by Gasteiger charge is -2.04. The summed E-state index contributed by atoms with van der Waals surface area (Å²) in [4.78, 5) is 11.2. The first kappa shape index (κ1) is 9.75. The highest BCUT2D eigenvalue weighted by Crippen LogP contribution is 2.10. The van der Waals surface area contributed by atoms with Gasteiger partial charge in [-0.05, 0) is 12.2 Å². The first-order chi connectivity index (χ1) is 6.25. The van der Waals surface area contributed by atoms with Crippen LogP contribution in [0.1, 0.15) is 0 Å². The van der Waals surface area contributed by atoms with E-state index < -0.39 is 5.97 Å². The molecule has 0 radical (unpaired) electrons. The highest BCUT2D eigenvalue weighted by Gasteiger charge is 2.10. The molecule has 13 heavy (non-hydrogen) atoms. The lowest BCUT2D eigenvalue weighted by molar-refractivity contribution is -0.128. The van der Waals surface area contributed by atoms with Gasteiger partial charge in [0.2, 0.25) is 0 Å². The second kappa shape index (κ2) is 4.63. The van der Waals surface area contributed by atoms with Gasteiger partial charge in [-0.3, -0.25) is 0 Å². The highest BCUT2D eigenvalue weighted by molar-refractivity contribution is 7.10. The second-order valence-electron chi connectivity index (χ2n) is 2.38. The van der Waals surface area contributed by atoms with E-state index in [0.717, 1.165) is 0 Å². The van der Waals surface area contributed by atoms with E-state index in [1.54, 1.807) is 30.4 Å². The van der Waals surface area contributed by atoms with Crippen LogP contribution >= 0.6 is 9.47 Å². The summed E-state index contributed by atoms with van der Waals surface area (Å²) in [5, 5.41) is 0. The molecule has 0 saturated carbocycles. The molecular formula is C9H10NO2P. The number of hydrogen-bond acceptors (Lipinski definition) is 3. The van der Waals surface area contributed by atoms with E-state index in [1.165, 1.54) is 0 Å². The molecule has 68 valence electrons. The molecule has 1 rings (SSSR count). The van der Waals surface area contributed by atoms with Crippen molar-refractivity contribution in [2.75, 3.05) is 0 Å². The summed E-state index contributed by atoms with van der Waals surface area (Å²) < 4.78 is 4.49. The van der Waals surface area contributed by atoms with E-state index in [-0.39, 0.29) is 0 Å². The summed E-state index contributed by atoms with van der Waals surface area (Å²) in [7, 11) is 1.90. The number of rotatable bonds is 1. The Labute approximate surface area is 78.9 Å². The van der Waals surface area contributed by atoms with Gasteiger partial charge in [-0.1, -0.05) is 24.3 Å². The maximum Gasteiger partial charge on any atom is 0.342 e. The van der Waals surface area contributed by atoms with Crippen LogP contribution in [0, 0.1) is 0 Å². The van der Waals surface area contributed by atoms with Gasteiger partial charge >= 0.3 is 5.97 Å². The summed E-state index contributed by atoms with van der Waals surface area (Å²) in [5.74, 6) is -0.460. The summed E-state index contributed by atoms with van der Waals surface area (Å²) in [6.07, 6.45) is 10.4. The van der Waals surface area contributed by atoms with Gasteiger partial charge in [0.15, 0.2) is 0 Å². The van der Waals surface area contributed by atoms with Crippen molar-refractivity contribution in [2.24, 2.45) is 5.73 Å². The van der Waals surface area contributed by atoms with Gasteiger partial charge in [-0.25, -0.2) is 4.79 Å². The molecule has 4 heteroatoms. The topological polar surface area (TPSA) is 52.3 Å². The Morgan fingerprint density at radius 3 is 2.46 bits per heavy atom. The first-order valence-electron chi connectivity index (χ1n) is 3.68. The third-order valence-electron chi connectivity index (χ3n) is 1.51. The molecule has 0 heterocycles. The predicted octanol–water partition coefficient (Wildman–Crippen LogP) is 1.21. The minimum atomic E-state index is -0.460. The Bertz CT molecular complexity index is 327. The maximum atomic E-state index is 11.2. The van der Waals surface area contributed by atoms with Gasteiger partial charge in [0.05, 0.1) is 15.0 Å². The van der Waals surface area contributed by atoms with Crippen molar-refractivity contribution in [1.82, 2.24) is 0 Å². The molecule has 1 atom stereocenters. The molecular weight excluding hydrogens is 185 g/mol. The van der Waals surface area contributed by atoms with E-state index in [4.69, 9.17) is 5.73 Å². The number of carbonyl (C=O) groups is 1. The Hall–Kier alpha value is -1.34. The van der Waals surface area contributed by atoms with Crippen molar-refractivity contribution in [3.63, 3.8) is 0 Å². The minimum Gasteiger partial charge on any atom is -0.448 e. The van der Waals surface area contributed by atoms with Crippen LogP contribution in [0.3, 0.4) is 0 Å². The van der Waals surface area contributed by atoms with Crippen molar-refractivity contribution >= 4 is 15.4 Å². The SMILES string of the molecule is NC1=CC=CC=CC=C1C(=O)OP. The van der Waals surface area contributed by atoms with Crippen molar-refractivity contribution in [3.05, 3.63) is 47.7 Å². The van der Waals surface area contributed by atoms with Crippen molar-refractivity contribution in [1.29, 1.82) is 0 Å². The van der Waals surface area contributed by atoms with Crippen molar-refractivity contribution in [3.8, 4) is 0 Å². The molecule has 0 aromatic carbocycles. The van der Waals surface area contributed by atoms with Crippen LogP contribution in [0.25, 0.3) is 0 Å². The molecule has 2 N–H and O–H groups in total. The quantitative estimate of drug-likeness (QED) is 0.640. The number of allylic oxidation sites excluding steroid dienone is 6. The Morgan fingerprint density at radius 2 is 1.85 bits per heavy atom. The maximum absolute atomic E-state index is 11.2. The zero-order chi connectivity index (χ0) is 9.68. The van der Waals surface area contributed by atoms with Gasteiger partial charge in [-0.2, -0.15) is 0 Å². The lowest BCUT2D eigenvalue weighted by Crippen LogP contribution is -2.10. The predicted molar refractivity (Wildman–Crippen MR) is 54.4 cm³/mol. The second-order valence-corrected chi connectivity index (χ2v) is 2.61. The van der Waals surface area contributed by atoms with E-state index >= 15 is 0 Å². The van der Waals surface area contributed by atoms with Crippen LogP contribution in [0.4, 0.5) is 0 Å². The summed E-state index contributed by atoms with van der Waals surface area (Å²) in [6, 6.07) is 0. The molecule has 0 spiro atoms. The zero-order valence-corrected chi connectivity index (χ0v) is 8.09. The molecule has 3 nitrogen and oxygen atoms in total. The van der Waals surface area contributed by atoms with E-state index in [1.807, 2.05) is 15.5 Å². The summed E-state index contributed by atoms with van der Waals surface area (Å²) in [5.41, 5.74) is 6.38. The molecule has 1 aliphatic rings. The van der Waals surface area contributed by atoms with Crippen LogP contribution in [0.15, 0.2) is 47.7 Å². The van der Waals surface area contributed by atoms with Gasteiger partial charge in [0.25, 0.3) is 0 Å². The molecule has 0 fully saturated rings. The Balaban J connectivity index is 2.99. The molecule has 0 bridgehead atoms. The van der Waals surface area contributed by atoms with Crippen LogP contribution < -0.4 is 5.73 Å². The van der Waals surface area contributed by atoms with Crippen LogP contribution in [0.2, 0.25) is 0 Å². The monoisotopic (exact) mass is 195 g/mol. The molecule has 1 unspecified atom stereocenters. The van der Waals surface area contributed by atoms with E-state index in [0.29, 0.717) is 11.3 Å². The third-order valence-corrected chi connectivity index (χ3v) is 1.72. The molecule has 1 aliphatic carbocycles. The van der Waals surface area contributed by atoms with Crippen molar-refractivity contribution in [2.45, 2.75) is 0 Å². The molecule has 0 aliphatic heterocycles. The number of nitrogens with two attached hydrogens (primary N) is 1. The Morgan fingerprint density at radius 1 is 1.23 bits per heavy atom. The van der Waals surface area contributed by atoms with Gasteiger partial charge in [0, 0.05) is 5.70 Å². The van der Waals surface area contributed by atoms with Crippen LogP contribution in [0.5, 0.6) is 0 Å². The number of hydrogen-bond donors (Lipinski definition) is 1. The molecule has 0 aromatic rings. The van der Waals surface area contributed by atoms with E-state index in [2.05, 4.69) is 4.52 Å². The zero-order valence-electron chi connectivity index (χ0n) is 6.94. The number of carbonyl (C=O) groups excluding carboxylic acids is 1. The summed E-state index contributed by atoms with van der Waals surface area (Å²) >= 11 is 0. The third kappa shape index (κ3) is 2.56. The summed E-state index contributed by atoms with van der Waals surface area (Å²) in [6.45, 7) is 0. The van der Waals surface area contributed by atoms with Gasteiger partial charge in [-0.15, -0.1) is 0 Å². The molecule has 0 saturated heterocycles. The minimum absolute atomic E-state index is 0.357. The largest absolute Gasteiger partial charge is 0.448 e. The average Bonchev–Trinajstić information content (AvgIpc) is 2.11. The fourth-order valence-corrected chi connectivity index (χ4v) is 1.00. The fourth-order valence-electron chi connectivity index (χ4n) is 0.875. The smallest absolute Gasteiger partial charge is 0.342 e.